The molecular weight excluding hydrogens is 358 g/mol. The molecule has 0 radical (unpaired) electrons. The van der Waals surface area contributed by atoms with Crippen molar-refractivity contribution in [2.45, 2.75) is 38.5 Å². The average Bonchev–Trinajstić information content (AvgIpc) is 3.03. The van der Waals surface area contributed by atoms with Crippen molar-refractivity contribution in [3.63, 3.8) is 0 Å². The molecule has 0 aliphatic heterocycles. The quantitative estimate of drug-likeness (QED) is 0.762. The van der Waals surface area contributed by atoms with Gasteiger partial charge in [0.1, 0.15) is 0 Å². The molecule has 2 rings (SSSR count). The lowest BCUT2D eigenvalue weighted by atomic mass is 10.3. The summed E-state index contributed by atoms with van der Waals surface area (Å²) in [5, 5.41) is 5.67. The predicted molar refractivity (Wildman–Crippen MR) is 100 cm³/mol. The zero-order valence-corrected chi connectivity index (χ0v) is 16.3. The molecule has 136 valence electrons. The van der Waals surface area contributed by atoms with Crippen LogP contribution in [-0.2, 0) is 27.7 Å². The fourth-order valence-corrected chi connectivity index (χ4v) is 4.59. The standard InChI is InChI=1S/C17H23N3O3S2/c1-4-17-19-14(12-24-17)11-16(21)18-13-7-9-15(10-8-13)25(22,23)20(5-2)6-3/h7-10,12H,4-6,11H2,1-3H3,(H,18,21). The number of amides is 1. The van der Waals surface area contributed by atoms with Crippen LogP contribution < -0.4 is 5.32 Å². The predicted octanol–water partition coefficient (Wildman–Crippen LogP) is 2.92. The summed E-state index contributed by atoms with van der Waals surface area (Å²) >= 11 is 1.55. The largest absolute Gasteiger partial charge is 0.326 e. The van der Waals surface area contributed by atoms with Gasteiger partial charge in [0.25, 0.3) is 0 Å². The van der Waals surface area contributed by atoms with Crippen LogP contribution in [0.15, 0.2) is 34.5 Å². The Hall–Kier alpha value is -1.77. The molecule has 1 amide bonds. The van der Waals surface area contributed by atoms with Crippen molar-refractivity contribution in [3.05, 3.63) is 40.3 Å². The minimum Gasteiger partial charge on any atom is -0.326 e. The summed E-state index contributed by atoms with van der Waals surface area (Å²) in [7, 11) is -3.48. The van der Waals surface area contributed by atoms with Gasteiger partial charge in [0.15, 0.2) is 0 Å². The zero-order chi connectivity index (χ0) is 18.4. The molecule has 1 N–H and O–H groups in total. The van der Waals surface area contributed by atoms with Crippen LogP contribution in [0.1, 0.15) is 31.5 Å². The number of nitrogens with zero attached hydrogens (tertiary/aromatic N) is 2. The van der Waals surface area contributed by atoms with Crippen LogP contribution >= 0.6 is 11.3 Å². The molecule has 8 heteroatoms. The van der Waals surface area contributed by atoms with E-state index in [1.54, 1.807) is 37.3 Å². The normalized spacial score (nSPS) is 11.7. The van der Waals surface area contributed by atoms with Gasteiger partial charge in [-0.25, -0.2) is 13.4 Å². The molecule has 0 atom stereocenters. The number of benzene rings is 1. The maximum Gasteiger partial charge on any atom is 0.243 e. The monoisotopic (exact) mass is 381 g/mol. The number of carbonyl (C=O) groups excluding carboxylic acids is 1. The second-order valence-electron chi connectivity index (χ2n) is 5.42. The minimum atomic E-state index is -3.48. The van der Waals surface area contributed by atoms with Crippen LogP contribution in [0.3, 0.4) is 0 Å². The number of rotatable bonds is 8. The zero-order valence-electron chi connectivity index (χ0n) is 14.7. The third-order valence-electron chi connectivity index (χ3n) is 3.72. The van der Waals surface area contributed by atoms with Gasteiger partial charge in [0, 0.05) is 24.2 Å². The Morgan fingerprint density at radius 1 is 1.16 bits per heavy atom. The van der Waals surface area contributed by atoms with E-state index in [0.29, 0.717) is 18.8 Å². The fourth-order valence-electron chi connectivity index (χ4n) is 2.39. The molecule has 0 bridgehead atoms. The van der Waals surface area contributed by atoms with Crippen molar-refractivity contribution in [1.82, 2.24) is 9.29 Å². The molecule has 1 aromatic carbocycles. The fraction of sp³-hybridized carbons (Fsp3) is 0.412. The molecule has 6 nitrogen and oxygen atoms in total. The van der Waals surface area contributed by atoms with E-state index in [1.807, 2.05) is 12.3 Å². The molecule has 25 heavy (non-hydrogen) atoms. The molecule has 2 aromatic rings. The summed E-state index contributed by atoms with van der Waals surface area (Å²) in [4.78, 5) is 16.7. The summed E-state index contributed by atoms with van der Waals surface area (Å²) in [6, 6.07) is 6.24. The van der Waals surface area contributed by atoms with Crippen molar-refractivity contribution in [2.75, 3.05) is 18.4 Å². The Kier molecular flexibility index (Phi) is 6.69. The van der Waals surface area contributed by atoms with Crippen LogP contribution in [0.2, 0.25) is 0 Å². The summed E-state index contributed by atoms with van der Waals surface area (Å²) in [5.74, 6) is -0.174. The molecule has 0 aliphatic rings. The molecule has 1 aromatic heterocycles. The summed E-state index contributed by atoms with van der Waals surface area (Å²) < 4.78 is 26.3. The van der Waals surface area contributed by atoms with E-state index < -0.39 is 10.0 Å². The lowest BCUT2D eigenvalue weighted by molar-refractivity contribution is -0.115. The first-order valence-corrected chi connectivity index (χ1v) is 10.6. The first-order valence-electron chi connectivity index (χ1n) is 8.24. The van der Waals surface area contributed by atoms with E-state index in [-0.39, 0.29) is 17.2 Å². The van der Waals surface area contributed by atoms with Crippen LogP contribution in [-0.4, -0.2) is 36.7 Å². The Balaban J connectivity index is 2.03. The molecule has 0 fully saturated rings. The number of thiazole rings is 1. The maximum absolute atomic E-state index is 12.4. The van der Waals surface area contributed by atoms with Crippen LogP contribution in [0.5, 0.6) is 0 Å². The third-order valence-corrected chi connectivity index (χ3v) is 6.83. The molecule has 1 heterocycles. The van der Waals surface area contributed by atoms with Crippen molar-refractivity contribution in [3.8, 4) is 0 Å². The Labute approximate surface area is 153 Å². The molecule has 0 spiro atoms. The second kappa shape index (κ2) is 8.55. The first kappa shape index (κ1) is 19.6. The van der Waals surface area contributed by atoms with Crippen molar-refractivity contribution in [2.24, 2.45) is 0 Å². The highest BCUT2D eigenvalue weighted by molar-refractivity contribution is 7.89. The van der Waals surface area contributed by atoms with Crippen molar-refractivity contribution in [1.29, 1.82) is 0 Å². The van der Waals surface area contributed by atoms with Crippen molar-refractivity contribution < 1.29 is 13.2 Å². The molecule has 0 saturated heterocycles. The van der Waals surface area contributed by atoms with Crippen LogP contribution in [0.25, 0.3) is 0 Å². The van der Waals surface area contributed by atoms with E-state index >= 15 is 0 Å². The molecule has 0 unspecified atom stereocenters. The van der Waals surface area contributed by atoms with Crippen LogP contribution in [0, 0.1) is 0 Å². The van der Waals surface area contributed by atoms with E-state index in [1.165, 1.54) is 16.4 Å². The number of aryl methyl sites for hydroxylation is 1. The summed E-state index contributed by atoms with van der Waals surface area (Å²) in [6.45, 7) is 6.47. The molecule has 0 aliphatic carbocycles. The van der Waals surface area contributed by atoms with Crippen molar-refractivity contribution >= 4 is 33.0 Å². The van der Waals surface area contributed by atoms with Gasteiger partial charge in [-0.3, -0.25) is 4.79 Å². The number of hydrogen-bond acceptors (Lipinski definition) is 5. The van der Waals surface area contributed by atoms with E-state index in [4.69, 9.17) is 0 Å². The number of sulfonamides is 1. The Morgan fingerprint density at radius 2 is 1.80 bits per heavy atom. The van der Waals surface area contributed by atoms with Gasteiger partial charge in [0.2, 0.25) is 15.9 Å². The molecule has 0 saturated carbocycles. The number of hydrogen-bond donors (Lipinski definition) is 1. The smallest absolute Gasteiger partial charge is 0.243 e. The highest BCUT2D eigenvalue weighted by Crippen LogP contribution is 2.18. The van der Waals surface area contributed by atoms with Gasteiger partial charge in [-0.1, -0.05) is 20.8 Å². The number of anilines is 1. The number of aromatic nitrogens is 1. The van der Waals surface area contributed by atoms with E-state index in [0.717, 1.165) is 17.1 Å². The lowest BCUT2D eigenvalue weighted by Gasteiger charge is -2.18. The van der Waals surface area contributed by atoms with Gasteiger partial charge in [-0.2, -0.15) is 4.31 Å². The summed E-state index contributed by atoms with van der Waals surface area (Å²) in [5.41, 5.74) is 1.31. The van der Waals surface area contributed by atoms with Gasteiger partial charge in [-0.05, 0) is 30.7 Å². The highest BCUT2D eigenvalue weighted by Gasteiger charge is 2.21. The second-order valence-corrected chi connectivity index (χ2v) is 8.31. The van der Waals surface area contributed by atoms with Gasteiger partial charge in [0.05, 0.1) is 22.0 Å². The van der Waals surface area contributed by atoms with Crippen LogP contribution in [0.4, 0.5) is 5.69 Å². The Morgan fingerprint density at radius 3 is 2.32 bits per heavy atom. The van der Waals surface area contributed by atoms with E-state index in [2.05, 4.69) is 10.3 Å². The summed E-state index contributed by atoms with van der Waals surface area (Å²) in [6.07, 6.45) is 1.06. The topological polar surface area (TPSA) is 79.4 Å². The van der Waals surface area contributed by atoms with Gasteiger partial charge >= 0.3 is 0 Å². The van der Waals surface area contributed by atoms with Gasteiger partial charge < -0.3 is 5.32 Å². The highest BCUT2D eigenvalue weighted by atomic mass is 32.2. The number of nitrogens with one attached hydrogen (secondary N) is 1. The minimum absolute atomic E-state index is 0.174. The van der Waals surface area contributed by atoms with Gasteiger partial charge in [-0.15, -0.1) is 11.3 Å². The Bertz CT molecular complexity index is 810. The maximum atomic E-state index is 12.4. The number of carbonyl (C=O) groups is 1. The average molecular weight is 382 g/mol. The SMILES string of the molecule is CCc1nc(CC(=O)Nc2ccc(S(=O)(=O)N(CC)CC)cc2)cs1. The third kappa shape index (κ3) is 4.87. The molecular formula is C17H23N3O3S2. The van der Waals surface area contributed by atoms with E-state index in [9.17, 15) is 13.2 Å². The first-order chi connectivity index (χ1) is 11.9. The lowest BCUT2D eigenvalue weighted by Crippen LogP contribution is -2.30.